The van der Waals surface area contributed by atoms with Crippen LogP contribution in [0.1, 0.15) is 31.2 Å². The molecule has 1 heterocycles. The summed E-state index contributed by atoms with van der Waals surface area (Å²) in [6.45, 7) is 4.15. The fraction of sp³-hybridized carbons (Fsp3) is 0.250. The average molecular weight is 261 g/mol. The molecule has 1 aromatic heterocycles. The van der Waals surface area contributed by atoms with Gasteiger partial charge in [-0.3, -0.25) is 0 Å². The van der Waals surface area contributed by atoms with E-state index < -0.39 is 0 Å². The second-order valence-corrected chi connectivity index (χ2v) is 5.89. The van der Waals surface area contributed by atoms with Gasteiger partial charge in [0, 0.05) is 10.8 Å². The van der Waals surface area contributed by atoms with Crippen molar-refractivity contribution in [2.45, 2.75) is 29.0 Å². The minimum Gasteiger partial charge on any atom is -0.212 e. The first-order valence-electron chi connectivity index (χ1n) is 5.20. The zero-order chi connectivity index (χ0) is 12.3. The van der Waals surface area contributed by atoms with Crippen molar-refractivity contribution in [1.29, 1.82) is 5.26 Å². The molecule has 2 aromatic rings. The van der Waals surface area contributed by atoms with Gasteiger partial charge in [0.1, 0.15) is 5.82 Å². The highest BCUT2D eigenvalue weighted by Gasteiger charge is 2.08. The molecule has 1 aromatic carbocycles. The standard InChI is InChI=1S/C12H11N3S2/c1-8(2)11-14-12(17-15-11)16-10-5-3-4-9(6-10)7-13/h3-6,8H,1-2H3. The van der Waals surface area contributed by atoms with E-state index in [9.17, 15) is 0 Å². The number of hydrogen-bond acceptors (Lipinski definition) is 5. The van der Waals surface area contributed by atoms with Crippen molar-refractivity contribution in [3.63, 3.8) is 0 Å². The second-order valence-electron chi connectivity index (χ2n) is 3.81. The van der Waals surface area contributed by atoms with Gasteiger partial charge >= 0.3 is 0 Å². The predicted molar refractivity (Wildman–Crippen MR) is 69.3 cm³/mol. The molecule has 0 aliphatic rings. The third-order valence-corrected chi connectivity index (χ3v) is 3.86. The Labute approximate surface area is 109 Å². The van der Waals surface area contributed by atoms with Crippen LogP contribution in [0.25, 0.3) is 0 Å². The van der Waals surface area contributed by atoms with Gasteiger partial charge in [0.15, 0.2) is 4.34 Å². The smallest absolute Gasteiger partial charge is 0.174 e. The van der Waals surface area contributed by atoms with Crippen LogP contribution in [0.15, 0.2) is 33.5 Å². The van der Waals surface area contributed by atoms with Gasteiger partial charge in [-0.05, 0) is 29.7 Å². The summed E-state index contributed by atoms with van der Waals surface area (Å²) in [4.78, 5) is 5.47. The second kappa shape index (κ2) is 5.30. The summed E-state index contributed by atoms with van der Waals surface area (Å²) in [5.74, 6) is 1.24. The molecular weight excluding hydrogens is 250 g/mol. The van der Waals surface area contributed by atoms with Crippen LogP contribution in [0.2, 0.25) is 0 Å². The maximum Gasteiger partial charge on any atom is 0.174 e. The molecule has 0 amide bonds. The topological polar surface area (TPSA) is 49.6 Å². The molecule has 0 bridgehead atoms. The van der Waals surface area contributed by atoms with E-state index >= 15 is 0 Å². The van der Waals surface area contributed by atoms with Crippen LogP contribution in [0, 0.1) is 11.3 Å². The van der Waals surface area contributed by atoms with Gasteiger partial charge in [-0.2, -0.15) is 9.64 Å². The van der Waals surface area contributed by atoms with Gasteiger partial charge in [-0.15, -0.1) is 0 Å². The summed E-state index contributed by atoms with van der Waals surface area (Å²) in [5.41, 5.74) is 0.670. The van der Waals surface area contributed by atoms with Gasteiger partial charge in [0.2, 0.25) is 0 Å². The fourth-order valence-electron chi connectivity index (χ4n) is 1.23. The molecule has 5 heteroatoms. The number of hydrogen-bond donors (Lipinski definition) is 0. The first kappa shape index (κ1) is 12.1. The third-order valence-electron chi connectivity index (χ3n) is 2.11. The van der Waals surface area contributed by atoms with E-state index in [2.05, 4.69) is 29.3 Å². The minimum absolute atomic E-state index is 0.353. The van der Waals surface area contributed by atoms with E-state index in [4.69, 9.17) is 5.26 Å². The molecule has 2 rings (SSSR count). The van der Waals surface area contributed by atoms with Gasteiger partial charge in [0.25, 0.3) is 0 Å². The first-order chi connectivity index (χ1) is 8.19. The zero-order valence-electron chi connectivity index (χ0n) is 9.54. The van der Waals surface area contributed by atoms with Crippen LogP contribution in [-0.2, 0) is 0 Å². The molecule has 17 heavy (non-hydrogen) atoms. The van der Waals surface area contributed by atoms with E-state index in [0.29, 0.717) is 11.5 Å². The van der Waals surface area contributed by atoms with Crippen LogP contribution < -0.4 is 0 Å². The molecule has 0 saturated heterocycles. The van der Waals surface area contributed by atoms with Crippen LogP contribution in [0.3, 0.4) is 0 Å². The maximum atomic E-state index is 8.82. The minimum atomic E-state index is 0.353. The van der Waals surface area contributed by atoms with Crippen LogP contribution in [-0.4, -0.2) is 9.36 Å². The number of benzene rings is 1. The lowest BCUT2D eigenvalue weighted by atomic mass is 10.2. The Morgan fingerprint density at radius 1 is 1.41 bits per heavy atom. The van der Waals surface area contributed by atoms with Gasteiger partial charge < -0.3 is 0 Å². The van der Waals surface area contributed by atoms with E-state index in [1.807, 2.05) is 18.2 Å². The van der Waals surface area contributed by atoms with Crippen LogP contribution in [0.5, 0.6) is 0 Å². The summed E-state index contributed by atoms with van der Waals surface area (Å²) < 4.78 is 5.22. The molecule has 0 aliphatic heterocycles. The summed E-state index contributed by atoms with van der Waals surface area (Å²) in [5, 5.41) is 8.82. The van der Waals surface area contributed by atoms with Crippen LogP contribution >= 0.6 is 23.3 Å². The Morgan fingerprint density at radius 3 is 2.88 bits per heavy atom. The highest BCUT2D eigenvalue weighted by atomic mass is 32.2. The monoisotopic (exact) mass is 261 g/mol. The normalized spacial score (nSPS) is 10.5. The first-order valence-corrected chi connectivity index (χ1v) is 6.79. The quantitative estimate of drug-likeness (QED) is 0.845. The summed E-state index contributed by atoms with van der Waals surface area (Å²) >= 11 is 2.95. The van der Waals surface area contributed by atoms with Crippen molar-refractivity contribution in [3.05, 3.63) is 35.7 Å². The molecule has 0 fully saturated rings. The van der Waals surface area contributed by atoms with Crippen molar-refractivity contribution in [2.75, 3.05) is 0 Å². The van der Waals surface area contributed by atoms with Crippen LogP contribution in [0.4, 0.5) is 0 Å². The van der Waals surface area contributed by atoms with Crippen molar-refractivity contribution in [3.8, 4) is 6.07 Å². The van der Waals surface area contributed by atoms with Crippen molar-refractivity contribution in [2.24, 2.45) is 0 Å². The van der Waals surface area contributed by atoms with E-state index in [-0.39, 0.29) is 0 Å². The van der Waals surface area contributed by atoms with Crippen molar-refractivity contribution in [1.82, 2.24) is 9.36 Å². The van der Waals surface area contributed by atoms with Gasteiger partial charge in [-0.25, -0.2) is 4.98 Å². The highest BCUT2D eigenvalue weighted by Crippen LogP contribution is 2.30. The number of rotatable bonds is 3. The maximum absolute atomic E-state index is 8.82. The Bertz CT molecular complexity index is 555. The lowest BCUT2D eigenvalue weighted by Crippen LogP contribution is -1.88. The number of nitrogens with zero attached hydrogens (tertiary/aromatic N) is 3. The molecule has 86 valence electrons. The molecule has 0 spiro atoms. The van der Waals surface area contributed by atoms with Crippen molar-refractivity contribution >= 4 is 23.3 Å². The zero-order valence-corrected chi connectivity index (χ0v) is 11.2. The molecule has 0 saturated carbocycles. The Kier molecular flexibility index (Phi) is 3.77. The average Bonchev–Trinajstić information content (AvgIpc) is 2.78. The van der Waals surface area contributed by atoms with E-state index in [1.165, 1.54) is 11.5 Å². The third kappa shape index (κ3) is 3.05. The molecule has 0 radical (unpaired) electrons. The van der Waals surface area contributed by atoms with E-state index in [1.54, 1.807) is 17.8 Å². The molecular formula is C12H11N3S2. The molecule has 0 N–H and O–H groups in total. The lowest BCUT2D eigenvalue weighted by Gasteiger charge is -1.97. The Morgan fingerprint density at radius 2 is 2.24 bits per heavy atom. The van der Waals surface area contributed by atoms with Gasteiger partial charge in [0.05, 0.1) is 11.6 Å². The molecule has 0 aliphatic carbocycles. The molecule has 0 atom stereocenters. The Hall–Kier alpha value is -1.38. The summed E-state index contributed by atoms with van der Waals surface area (Å²) in [6, 6.07) is 9.64. The largest absolute Gasteiger partial charge is 0.212 e. The predicted octanol–water partition coefficient (Wildman–Crippen LogP) is 3.68. The highest BCUT2D eigenvalue weighted by molar-refractivity contribution is 8.01. The van der Waals surface area contributed by atoms with Crippen molar-refractivity contribution < 1.29 is 0 Å². The fourth-order valence-corrected chi connectivity index (χ4v) is 3.01. The summed E-state index contributed by atoms with van der Waals surface area (Å²) in [7, 11) is 0. The molecule has 3 nitrogen and oxygen atoms in total. The lowest BCUT2D eigenvalue weighted by molar-refractivity contribution is 0.789. The van der Waals surface area contributed by atoms with Gasteiger partial charge in [-0.1, -0.05) is 31.7 Å². The Balaban J connectivity index is 2.17. The number of nitriles is 1. The SMILES string of the molecule is CC(C)c1nsc(Sc2cccc(C#N)c2)n1. The molecule has 0 unspecified atom stereocenters. The number of aromatic nitrogens is 2. The summed E-state index contributed by atoms with van der Waals surface area (Å²) in [6.07, 6.45) is 0. The van der Waals surface area contributed by atoms with E-state index in [0.717, 1.165) is 15.1 Å².